The van der Waals surface area contributed by atoms with E-state index >= 15 is 0 Å². The third-order valence-electron chi connectivity index (χ3n) is 5.28. The van der Waals surface area contributed by atoms with Gasteiger partial charge < -0.3 is 19.5 Å². The molecule has 0 aliphatic heterocycles. The number of anilines is 1. The van der Waals surface area contributed by atoms with Crippen LogP contribution in [0, 0.1) is 0 Å². The number of carbonyl (C=O) groups excluding carboxylic acids is 1. The van der Waals surface area contributed by atoms with E-state index in [4.69, 9.17) is 14.2 Å². The molecule has 0 saturated carbocycles. The predicted molar refractivity (Wildman–Crippen MR) is 146 cm³/mol. The average molecular weight is 544 g/mol. The standard InChI is InChI=1S/C30H26BrNO4/c1-34-28-19-24(18-27(31)30(28)36-21-23-10-6-3-7-11-23)12-17-29(33)32-25-13-15-26(16-14-25)35-20-22-8-4-2-5-9-22/h2-19H,20-21H2,1H3,(H,32,33)/b17-12+. The molecule has 0 aromatic heterocycles. The first kappa shape index (κ1) is 25.1. The lowest BCUT2D eigenvalue weighted by Gasteiger charge is -2.13. The topological polar surface area (TPSA) is 56.8 Å². The van der Waals surface area contributed by atoms with Gasteiger partial charge in [-0.1, -0.05) is 60.7 Å². The van der Waals surface area contributed by atoms with E-state index in [0.29, 0.717) is 30.4 Å². The van der Waals surface area contributed by atoms with Gasteiger partial charge in [-0.15, -0.1) is 0 Å². The van der Waals surface area contributed by atoms with Crippen molar-refractivity contribution in [3.05, 3.63) is 124 Å². The van der Waals surface area contributed by atoms with Crippen LogP contribution >= 0.6 is 15.9 Å². The number of methoxy groups -OCH3 is 1. The highest BCUT2D eigenvalue weighted by Gasteiger charge is 2.11. The molecule has 0 fully saturated rings. The van der Waals surface area contributed by atoms with E-state index in [2.05, 4.69) is 21.2 Å². The second kappa shape index (κ2) is 12.6. The highest BCUT2D eigenvalue weighted by molar-refractivity contribution is 9.10. The summed E-state index contributed by atoms with van der Waals surface area (Å²) in [5.74, 6) is 1.68. The monoisotopic (exact) mass is 543 g/mol. The molecule has 1 N–H and O–H groups in total. The van der Waals surface area contributed by atoms with Crippen LogP contribution in [0.5, 0.6) is 17.2 Å². The Morgan fingerprint density at radius 3 is 2.06 bits per heavy atom. The molecule has 0 spiro atoms. The maximum Gasteiger partial charge on any atom is 0.248 e. The van der Waals surface area contributed by atoms with E-state index < -0.39 is 0 Å². The van der Waals surface area contributed by atoms with Crippen molar-refractivity contribution in [1.82, 2.24) is 0 Å². The zero-order valence-corrected chi connectivity index (χ0v) is 21.4. The number of hydrogen-bond acceptors (Lipinski definition) is 4. The van der Waals surface area contributed by atoms with Crippen molar-refractivity contribution in [2.24, 2.45) is 0 Å². The summed E-state index contributed by atoms with van der Waals surface area (Å²) < 4.78 is 18.0. The number of nitrogens with one attached hydrogen (secondary N) is 1. The van der Waals surface area contributed by atoms with Crippen LogP contribution in [-0.2, 0) is 18.0 Å². The number of hydrogen-bond donors (Lipinski definition) is 1. The van der Waals surface area contributed by atoms with Crippen molar-refractivity contribution in [2.45, 2.75) is 13.2 Å². The highest BCUT2D eigenvalue weighted by Crippen LogP contribution is 2.37. The lowest BCUT2D eigenvalue weighted by molar-refractivity contribution is -0.111. The molecule has 6 heteroatoms. The lowest BCUT2D eigenvalue weighted by atomic mass is 10.2. The van der Waals surface area contributed by atoms with E-state index in [1.54, 1.807) is 13.2 Å². The van der Waals surface area contributed by atoms with Crippen molar-refractivity contribution in [2.75, 3.05) is 12.4 Å². The van der Waals surface area contributed by atoms with Gasteiger partial charge in [0.05, 0.1) is 11.6 Å². The van der Waals surface area contributed by atoms with Crippen molar-refractivity contribution in [3.8, 4) is 17.2 Å². The summed E-state index contributed by atoms with van der Waals surface area (Å²) in [5.41, 5.74) is 3.63. The van der Waals surface area contributed by atoms with Gasteiger partial charge in [0.25, 0.3) is 0 Å². The quantitative estimate of drug-likeness (QED) is 0.214. The van der Waals surface area contributed by atoms with Crippen molar-refractivity contribution in [1.29, 1.82) is 0 Å². The fraction of sp³-hybridized carbons (Fsp3) is 0.100. The second-order valence-electron chi connectivity index (χ2n) is 7.93. The molecule has 5 nitrogen and oxygen atoms in total. The summed E-state index contributed by atoms with van der Waals surface area (Å²) in [4.78, 5) is 12.5. The molecule has 0 aliphatic carbocycles. The molecule has 0 radical (unpaired) electrons. The third-order valence-corrected chi connectivity index (χ3v) is 5.86. The van der Waals surface area contributed by atoms with Crippen LogP contribution in [0.3, 0.4) is 0 Å². The molecule has 4 aromatic carbocycles. The Kier molecular flexibility index (Phi) is 8.78. The Labute approximate surface area is 219 Å². The first-order chi connectivity index (χ1) is 17.6. The molecular weight excluding hydrogens is 518 g/mol. The van der Waals surface area contributed by atoms with Gasteiger partial charge in [0.2, 0.25) is 5.91 Å². The number of rotatable bonds is 10. The number of halogens is 1. The summed E-state index contributed by atoms with van der Waals surface area (Å²) in [7, 11) is 1.59. The summed E-state index contributed by atoms with van der Waals surface area (Å²) in [6, 6.07) is 30.9. The summed E-state index contributed by atoms with van der Waals surface area (Å²) in [6.07, 6.45) is 3.20. The summed E-state index contributed by atoms with van der Waals surface area (Å²) >= 11 is 3.56. The predicted octanol–water partition coefficient (Wildman–Crippen LogP) is 7.27. The summed E-state index contributed by atoms with van der Waals surface area (Å²) in [6.45, 7) is 0.911. The Morgan fingerprint density at radius 1 is 0.833 bits per heavy atom. The Hall–Kier alpha value is -4.03. The molecule has 36 heavy (non-hydrogen) atoms. The lowest BCUT2D eigenvalue weighted by Crippen LogP contribution is -2.07. The molecular formula is C30H26BrNO4. The van der Waals surface area contributed by atoms with Crippen molar-refractivity contribution < 1.29 is 19.0 Å². The Balaban J connectivity index is 1.33. The van der Waals surface area contributed by atoms with Crippen molar-refractivity contribution in [3.63, 3.8) is 0 Å². The minimum absolute atomic E-state index is 0.243. The zero-order valence-electron chi connectivity index (χ0n) is 19.8. The van der Waals surface area contributed by atoms with E-state index in [1.807, 2.05) is 97.1 Å². The van der Waals surface area contributed by atoms with Gasteiger partial charge in [-0.3, -0.25) is 4.79 Å². The largest absolute Gasteiger partial charge is 0.493 e. The molecule has 0 unspecified atom stereocenters. The van der Waals surface area contributed by atoms with Crippen LogP contribution in [0.4, 0.5) is 5.69 Å². The minimum Gasteiger partial charge on any atom is -0.493 e. The molecule has 4 rings (SSSR count). The van der Waals surface area contributed by atoms with Gasteiger partial charge in [-0.2, -0.15) is 0 Å². The van der Waals surface area contributed by atoms with Crippen molar-refractivity contribution >= 4 is 33.6 Å². The Bertz CT molecular complexity index is 1310. The smallest absolute Gasteiger partial charge is 0.248 e. The van der Waals surface area contributed by atoms with E-state index in [9.17, 15) is 4.79 Å². The van der Waals surface area contributed by atoms with Crippen LogP contribution in [0.15, 0.2) is 108 Å². The number of ether oxygens (including phenoxy) is 3. The van der Waals surface area contributed by atoms with Gasteiger partial charge in [-0.25, -0.2) is 0 Å². The number of benzene rings is 4. The Morgan fingerprint density at radius 2 is 1.44 bits per heavy atom. The number of carbonyl (C=O) groups is 1. The third kappa shape index (κ3) is 7.23. The van der Waals surface area contributed by atoms with E-state index in [0.717, 1.165) is 26.9 Å². The van der Waals surface area contributed by atoms with E-state index in [-0.39, 0.29) is 5.91 Å². The van der Waals surface area contributed by atoms with E-state index in [1.165, 1.54) is 6.08 Å². The highest BCUT2D eigenvalue weighted by atomic mass is 79.9. The maximum absolute atomic E-state index is 12.5. The van der Waals surface area contributed by atoms with Gasteiger partial charge in [-0.05, 0) is 75.1 Å². The first-order valence-electron chi connectivity index (χ1n) is 11.4. The molecule has 1 amide bonds. The fourth-order valence-electron chi connectivity index (χ4n) is 3.44. The average Bonchev–Trinajstić information content (AvgIpc) is 2.92. The molecule has 0 saturated heterocycles. The van der Waals surface area contributed by atoms with Crippen LogP contribution in [-0.4, -0.2) is 13.0 Å². The van der Waals surface area contributed by atoms with Gasteiger partial charge in [0, 0.05) is 11.8 Å². The van der Waals surface area contributed by atoms with Gasteiger partial charge in [0.1, 0.15) is 19.0 Å². The maximum atomic E-state index is 12.5. The van der Waals surface area contributed by atoms with Crippen LogP contribution in [0.2, 0.25) is 0 Å². The van der Waals surface area contributed by atoms with Crippen LogP contribution in [0.25, 0.3) is 6.08 Å². The SMILES string of the molecule is COc1cc(/C=C/C(=O)Nc2ccc(OCc3ccccc3)cc2)cc(Br)c1OCc1ccccc1. The minimum atomic E-state index is -0.243. The van der Waals surface area contributed by atoms with Gasteiger partial charge >= 0.3 is 0 Å². The van der Waals surface area contributed by atoms with Crippen LogP contribution < -0.4 is 19.5 Å². The van der Waals surface area contributed by atoms with Crippen LogP contribution in [0.1, 0.15) is 16.7 Å². The second-order valence-corrected chi connectivity index (χ2v) is 8.78. The molecule has 182 valence electrons. The molecule has 0 bridgehead atoms. The normalized spacial score (nSPS) is 10.7. The molecule has 0 aliphatic rings. The summed E-state index contributed by atoms with van der Waals surface area (Å²) in [5, 5.41) is 2.86. The van der Waals surface area contributed by atoms with Gasteiger partial charge in [0.15, 0.2) is 11.5 Å². The molecule has 0 heterocycles. The fourth-order valence-corrected chi connectivity index (χ4v) is 4.01. The number of amides is 1. The molecule has 4 aromatic rings. The zero-order chi connectivity index (χ0) is 25.2. The first-order valence-corrected chi connectivity index (χ1v) is 12.2. The molecule has 0 atom stereocenters.